The molecule has 0 aliphatic heterocycles. The van der Waals surface area contributed by atoms with Crippen molar-refractivity contribution in [2.24, 2.45) is 0 Å². The topological polar surface area (TPSA) is 8.81 Å². The van der Waals surface area contributed by atoms with Crippen molar-refractivity contribution in [2.45, 2.75) is 76.3 Å². The molecule has 0 radical (unpaired) electrons. The maximum atomic E-state index is 4.38. The van der Waals surface area contributed by atoms with Gasteiger partial charge in [0.05, 0.1) is 0 Å². The number of benzene rings is 2. The highest BCUT2D eigenvalue weighted by Crippen LogP contribution is 2.24. The van der Waals surface area contributed by atoms with Crippen molar-refractivity contribution in [3.8, 4) is 0 Å². The van der Waals surface area contributed by atoms with Crippen LogP contribution < -0.4 is 4.57 Å². The lowest BCUT2D eigenvalue weighted by molar-refractivity contribution is -0.699. The van der Waals surface area contributed by atoms with Crippen LogP contribution >= 0.6 is 34.2 Å². The second-order valence-electron chi connectivity index (χ2n) is 11.1. The van der Waals surface area contributed by atoms with Crippen molar-refractivity contribution in [1.82, 2.24) is 4.57 Å². The molecule has 4 aromatic rings. The second-order valence-corrected chi connectivity index (χ2v) is 14.3. The van der Waals surface area contributed by atoms with E-state index in [1.165, 1.54) is 91.0 Å². The van der Waals surface area contributed by atoms with Gasteiger partial charge in [-0.3, -0.25) is 0 Å². The van der Waals surface area contributed by atoms with E-state index >= 15 is 0 Å². The first-order valence-corrected chi connectivity index (χ1v) is 18.7. The number of unbranched alkanes of at least 4 members (excludes halogenated alkanes) is 6. The average Bonchev–Trinajstić information content (AvgIpc) is 3.48. The van der Waals surface area contributed by atoms with Crippen molar-refractivity contribution >= 4 is 58.5 Å². The van der Waals surface area contributed by atoms with Crippen molar-refractivity contribution in [1.29, 1.82) is 0 Å². The molecule has 0 aliphatic carbocycles. The van der Waals surface area contributed by atoms with Crippen LogP contribution in [-0.4, -0.2) is 16.1 Å². The highest BCUT2D eigenvalue weighted by Gasteiger charge is 2.06. The molecule has 43 heavy (non-hydrogen) atoms. The molecule has 0 aliphatic rings. The SMILES string of the molecule is Cc1ccc(/C=C/c2cccn2CCCCCCSSCCCCCC[n+]2ccccc2/C=C/c2ccc(S)cc2)cc1. The lowest BCUT2D eigenvalue weighted by Crippen LogP contribution is -2.36. The first kappa shape index (κ1) is 33.3. The number of pyridine rings is 1. The Hall–Kier alpha value is -2.60. The van der Waals surface area contributed by atoms with Crippen molar-refractivity contribution in [2.75, 3.05) is 11.5 Å². The molecule has 0 atom stereocenters. The monoisotopic (exact) mass is 627 g/mol. The van der Waals surface area contributed by atoms with Gasteiger partial charge in [0.2, 0.25) is 5.69 Å². The quantitative estimate of drug-likeness (QED) is 0.0479. The number of rotatable bonds is 19. The summed E-state index contributed by atoms with van der Waals surface area (Å²) in [5, 5.41) is 0. The maximum absolute atomic E-state index is 4.38. The van der Waals surface area contributed by atoms with Gasteiger partial charge in [-0.25, -0.2) is 0 Å². The molecule has 0 N–H and O–H groups in total. The van der Waals surface area contributed by atoms with Crippen LogP contribution in [0.4, 0.5) is 0 Å². The van der Waals surface area contributed by atoms with Gasteiger partial charge in [-0.15, -0.1) is 12.6 Å². The normalized spacial score (nSPS) is 11.7. The summed E-state index contributed by atoms with van der Waals surface area (Å²) in [5.74, 6) is 2.55. The van der Waals surface area contributed by atoms with Gasteiger partial charge in [-0.2, -0.15) is 4.57 Å². The van der Waals surface area contributed by atoms with Crippen LogP contribution in [0.5, 0.6) is 0 Å². The van der Waals surface area contributed by atoms with Gasteiger partial charge in [-0.05, 0) is 86.2 Å². The Morgan fingerprint density at radius 1 is 0.651 bits per heavy atom. The fourth-order valence-corrected chi connectivity index (χ4v) is 7.41. The molecule has 5 heteroatoms. The third-order valence-corrected chi connectivity index (χ3v) is 10.4. The van der Waals surface area contributed by atoms with Crippen LogP contribution in [0, 0.1) is 6.92 Å². The number of thiol groups is 1. The van der Waals surface area contributed by atoms with Gasteiger partial charge >= 0.3 is 0 Å². The van der Waals surface area contributed by atoms with Gasteiger partial charge in [-0.1, -0.05) is 88.9 Å². The van der Waals surface area contributed by atoms with Crippen molar-refractivity contribution in [3.05, 3.63) is 119 Å². The minimum absolute atomic E-state index is 0.997. The van der Waals surface area contributed by atoms with E-state index in [1.807, 2.05) is 12.1 Å². The number of aromatic nitrogens is 2. The smallest absolute Gasteiger partial charge is 0.205 e. The molecule has 2 nitrogen and oxygen atoms in total. The Morgan fingerprint density at radius 3 is 2.05 bits per heavy atom. The molecule has 0 fully saturated rings. The summed E-state index contributed by atoms with van der Waals surface area (Å²) in [6.07, 6.45) is 23.7. The van der Waals surface area contributed by atoms with Gasteiger partial charge in [0, 0.05) is 59.5 Å². The average molecular weight is 628 g/mol. The molecule has 226 valence electrons. The maximum Gasteiger partial charge on any atom is 0.205 e. The van der Waals surface area contributed by atoms with Gasteiger partial charge in [0.1, 0.15) is 6.54 Å². The Bertz CT molecular complexity index is 1390. The molecule has 2 aromatic carbocycles. The van der Waals surface area contributed by atoms with E-state index in [4.69, 9.17) is 0 Å². The highest BCUT2D eigenvalue weighted by atomic mass is 33.1. The van der Waals surface area contributed by atoms with Gasteiger partial charge in [0.15, 0.2) is 6.20 Å². The Kier molecular flexibility index (Phi) is 15.2. The zero-order valence-electron chi connectivity index (χ0n) is 25.6. The lowest BCUT2D eigenvalue weighted by Gasteiger charge is -2.07. The predicted molar refractivity (Wildman–Crippen MR) is 196 cm³/mol. The predicted octanol–water partition coefficient (Wildman–Crippen LogP) is 10.9. The Morgan fingerprint density at radius 2 is 1.30 bits per heavy atom. The van der Waals surface area contributed by atoms with Crippen LogP contribution in [0.15, 0.2) is 96.2 Å². The minimum atomic E-state index is 0.997. The summed E-state index contributed by atoms with van der Waals surface area (Å²) in [7, 11) is 4.14. The molecule has 0 bridgehead atoms. The summed E-state index contributed by atoms with van der Waals surface area (Å²) in [6.45, 7) is 4.31. The minimum Gasteiger partial charge on any atom is -0.348 e. The third-order valence-electron chi connectivity index (χ3n) is 7.54. The van der Waals surface area contributed by atoms with E-state index in [0.717, 1.165) is 18.0 Å². The molecule has 4 rings (SSSR count). The van der Waals surface area contributed by atoms with Crippen LogP contribution in [0.1, 0.15) is 79.4 Å². The van der Waals surface area contributed by atoms with Crippen LogP contribution in [-0.2, 0) is 13.1 Å². The molecule has 0 saturated heterocycles. The van der Waals surface area contributed by atoms with E-state index in [0.29, 0.717) is 0 Å². The third kappa shape index (κ3) is 12.9. The molecular weight excluding hydrogens is 581 g/mol. The standard InChI is InChI=1S/C38H46N2S3/c1-33-15-17-34(18-16-33)19-24-37-14-12-30-40(37)28-8-3-5-11-32-43-42-31-10-4-2-7-27-39-29-9-6-13-36(39)23-20-35-21-25-38(41)26-22-35/h6,9,12-26,29-30H,2-5,7-8,10-11,27-28,31-32H2,1H3/p+1/b24-19+. The summed E-state index contributed by atoms with van der Waals surface area (Å²) < 4.78 is 4.75. The molecule has 2 heterocycles. The molecule has 0 unspecified atom stereocenters. The first-order valence-electron chi connectivity index (χ1n) is 15.8. The van der Waals surface area contributed by atoms with Crippen LogP contribution in [0.3, 0.4) is 0 Å². The van der Waals surface area contributed by atoms with Gasteiger partial charge in [0.25, 0.3) is 0 Å². The largest absolute Gasteiger partial charge is 0.348 e. The molecule has 0 amide bonds. The summed E-state index contributed by atoms with van der Waals surface area (Å²) in [4.78, 5) is 0.997. The Balaban J connectivity index is 0.984. The molecule has 0 spiro atoms. The fraction of sp³-hybridized carbons (Fsp3) is 0.342. The molecule has 0 saturated carbocycles. The highest BCUT2D eigenvalue weighted by molar-refractivity contribution is 8.76. The number of aryl methyl sites for hydroxylation is 3. The number of hydrogen-bond acceptors (Lipinski definition) is 3. The van der Waals surface area contributed by atoms with Crippen LogP contribution in [0.25, 0.3) is 24.3 Å². The zero-order valence-corrected chi connectivity index (χ0v) is 28.1. The van der Waals surface area contributed by atoms with Crippen LogP contribution in [0.2, 0.25) is 0 Å². The summed E-state index contributed by atoms with van der Waals surface area (Å²) in [6, 6.07) is 27.8. The van der Waals surface area contributed by atoms with E-state index in [9.17, 15) is 0 Å². The number of nitrogens with zero attached hydrogens (tertiary/aromatic N) is 2. The fourth-order valence-electron chi connectivity index (χ4n) is 4.96. The van der Waals surface area contributed by atoms with Gasteiger partial charge < -0.3 is 4.57 Å². The zero-order chi connectivity index (χ0) is 30.0. The lowest BCUT2D eigenvalue weighted by atomic mass is 10.1. The summed E-state index contributed by atoms with van der Waals surface area (Å²) in [5.41, 5.74) is 6.31. The first-order chi connectivity index (χ1) is 21.2. The van der Waals surface area contributed by atoms with E-state index < -0.39 is 0 Å². The van der Waals surface area contributed by atoms with E-state index in [2.05, 4.69) is 154 Å². The van der Waals surface area contributed by atoms with Crippen molar-refractivity contribution in [3.63, 3.8) is 0 Å². The van der Waals surface area contributed by atoms with E-state index in [-0.39, 0.29) is 0 Å². The molecule has 2 aromatic heterocycles. The number of hydrogen-bond donors (Lipinski definition) is 1. The molecular formula is C38H47N2S3+. The van der Waals surface area contributed by atoms with E-state index in [1.54, 1.807) is 0 Å². The Labute approximate surface area is 273 Å². The second kappa shape index (κ2) is 19.6. The summed E-state index contributed by atoms with van der Waals surface area (Å²) >= 11 is 4.38. The van der Waals surface area contributed by atoms with Crippen molar-refractivity contribution < 1.29 is 4.57 Å².